The zero-order valence-corrected chi connectivity index (χ0v) is 12.0. The number of piperazine rings is 1. The largest absolute Gasteiger partial charge is 0.343 e. The molecule has 1 amide bonds. The van der Waals surface area contributed by atoms with Crippen LogP contribution in [-0.4, -0.2) is 59.8 Å². The van der Waals surface area contributed by atoms with Crippen molar-refractivity contribution in [2.45, 2.75) is 18.9 Å². The first kappa shape index (κ1) is 13.6. The molecule has 1 unspecified atom stereocenters. The molecule has 108 valence electrons. The normalized spacial score (nSPS) is 23.1. The van der Waals surface area contributed by atoms with E-state index in [1.165, 1.54) is 0 Å². The molecule has 2 aliphatic heterocycles. The van der Waals surface area contributed by atoms with Crippen LogP contribution in [0.25, 0.3) is 0 Å². The van der Waals surface area contributed by atoms with Crippen molar-refractivity contribution in [2.24, 2.45) is 0 Å². The maximum absolute atomic E-state index is 12.6. The lowest BCUT2D eigenvalue weighted by Gasteiger charge is -2.33. The van der Waals surface area contributed by atoms with E-state index in [0.29, 0.717) is 5.15 Å². The summed E-state index contributed by atoms with van der Waals surface area (Å²) >= 11 is 5.76. The Morgan fingerprint density at radius 1 is 1.25 bits per heavy atom. The molecule has 0 saturated carbocycles. The summed E-state index contributed by atoms with van der Waals surface area (Å²) in [4.78, 5) is 16.6. The number of hydrogen-bond donors (Lipinski definition) is 1. The van der Waals surface area contributed by atoms with Crippen molar-refractivity contribution in [1.29, 1.82) is 0 Å². The third-order valence-corrected chi connectivity index (χ3v) is 4.08. The van der Waals surface area contributed by atoms with Gasteiger partial charge >= 0.3 is 0 Å². The van der Waals surface area contributed by atoms with Crippen molar-refractivity contribution in [1.82, 2.24) is 20.4 Å². The first-order valence-corrected chi connectivity index (χ1v) is 7.39. The van der Waals surface area contributed by atoms with Crippen molar-refractivity contribution in [3.8, 4) is 0 Å². The number of carbonyl (C=O) groups is 1. The van der Waals surface area contributed by atoms with Crippen LogP contribution in [0, 0.1) is 0 Å². The minimum absolute atomic E-state index is 0.108. The van der Waals surface area contributed by atoms with Crippen molar-refractivity contribution in [2.75, 3.05) is 37.6 Å². The number of anilines is 1. The van der Waals surface area contributed by atoms with E-state index >= 15 is 0 Å². The highest BCUT2D eigenvalue weighted by Gasteiger charge is 2.34. The van der Waals surface area contributed by atoms with E-state index < -0.39 is 0 Å². The fraction of sp³-hybridized carbons (Fsp3) is 0.615. The van der Waals surface area contributed by atoms with Crippen LogP contribution in [0.1, 0.15) is 12.8 Å². The van der Waals surface area contributed by atoms with E-state index in [1.54, 1.807) is 6.07 Å². The zero-order valence-electron chi connectivity index (χ0n) is 11.3. The van der Waals surface area contributed by atoms with Crippen molar-refractivity contribution < 1.29 is 4.79 Å². The van der Waals surface area contributed by atoms with Gasteiger partial charge in [0.1, 0.15) is 6.04 Å². The van der Waals surface area contributed by atoms with Crippen LogP contribution in [0.15, 0.2) is 12.1 Å². The molecular formula is C13H18ClN5O. The molecule has 0 bridgehead atoms. The molecule has 3 rings (SSSR count). The Balaban J connectivity index is 1.74. The first-order chi connectivity index (χ1) is 9.75. The Morgan fingerprint density at radius 3 is 2.75 bits per heavy atom. The molecule has 0 radical (unpaired) electrons. The highest BCUT2D eigenvalue weighted by Crippen LogP contribution is 2.25. The quantitative estimate of drug-likeness (QED) is 0.862. The number of hydrogen-bond acceptors (Lipinski definition) is 5. The molecule has 1 N–H and O–H groups in total. The van der Waals surface area contributed by atoms with Gasteiger partial charge in [0, 0.05) is 32.7 Å². The second kappa shape index (κ2) is 5.93. The zero-order chi connectivity index (χ0) is 13.9. The van der Waals surface area contributed by atoms with E-state index in [2.05, 4.69) is 15.5 Å². The molecule has 6 nitrogen and oxygen atoms in total. The summed E-state index contributed by atoms with van der Waals surface area (Å²) in [7, 11) is 0. The minimum atomic E-state index is -0.108. The smallest absolute Gasteiger partial charge is 0.245 e. The molecule has 1 aromatic heterocycles. The molecule has 1 atom stereocenters. The topological polar surface area (TPSA) is 61.4 Å². The fourth-order valence-corrected chi connectivity index (χ4v) is 2.96. The van der Waals surface area contributed by atoms with Gasteiger partial charge in [0.15, 0.2) is 11.0 Å². The Bertz CT molecular complexity index is 474. The third kappa shape index (κ3) is 2.71. The summed E-state index contributed by atoms with van der Waals surface area (Å²) < 4.78 is 0. The molecule has 20 heavy (non-hydrogen) atoms. The maximum atomic E-state index is 12.6. The lowest BCUT2D eigenvalue weighted by molar-refractivity contribution is -0.133. The number of nitrogens with zero attached hydrogens (tertiary/aromatic N) is 4. The van der Waals surface area contributed by atoms with Gasteiger partial charge in [-0.15, -0.1) is 10.2 Å². The van der Waals surface area contributed by atoms with Crippen LogP contribution in [0.2, 0.25) is 5.15 Å². The van der Waals surface area contributed by atoms with Crippen molar-refractivity contribution in [3.05, 3.63) is 17.3 Å². The lowest BCUT2D eigenvalue weighted by atomic mass is 10.1. The summed E-state index contributed by atoms with van der Waals surface area (Å²) in [5, 5.41) is 11.6. The molecule has 3 heterocycles. The average Bonchev–Trinajstić information content (AvgIpc) is 2.97. The highest BCUT2D eigenvalue weighted by atomic mass is 35.5. The molecule has 2 aliphatic rings. The van der Waals surface area contributed by atoms with Crippen molar-refractivity contribution >= 4 is 23.3 Å². The molecule has 2 fully saturated rings. The van der Waals surface area contributed by atoms with E-state index in [-0.39, 0.29) is 11.9 Å². The molecule has 7 heteroatoms. The number of aromatic nitrogens is 2. The monoisotopic (exact) mass is 295 g/mol. The van der Waals surface area contributed by atoms with Gasteiger partial charge in [-0.1, -0.05) is 11.6 Å². The number of halogens is 1. The first-order valence-electron chi connectivity index (χ1n) is 7.01. The van der Waals surface area contributed by atoms with Crippen LogP contribution < -0.4 is 10.2 Å². The lowest BCUT2D eigenvalue weighted by Crippen LogP contribution is -2.52. The number of rotatable bonds is 2. The maximum Gasteiger partial charge on any atom is 0.245 e. The van der Waals surface area contributed by atoms with Crippen LogP contribution in [0.4, 0.5) is 5.82 Å². The SMILES string of the molecule is O=C(C1CCCN1c1ccc(Cl)nn1)N1CCNCC1. The van der Waals surface area contributed by atoms with Gasteiger partial charge < -0.3 is 15.1 Å². The van der Waals surface area contributed by atoms with Gasteiger partial charge in [-0.2, -0.15) is 0 Å². The van der Waals surface area contributed by atoms with Crippen LogP contribution in [-0.2, 0) is 4.79 Å². The molecular weight excluding hydrogens is 278 g/mol. The van der Waals surface area contributed by atoms with Gasteiger partial charge in [-0.3, -0.25) is 4.79 Å². The van der Waals surface area contributed by atoms with E-state index in [9.17, 15) is 4.79 Å². The van der Waals surface area contributed by atoms with Gasteiger partial charge in [0.25, 0.3) is 0 Å². The molecule has 0 aliphatic carbocycles. The number of carbonyl (C=O) groups excluding carboxylic acids is 1. The van der Waals surface area contributed by atoms with Gasteiger partial charge in [0.2, 0.25) is 5.91 Å². The Hall–Kier alpha value is -1.40. The Kier molecular flexibility index (Phi) is 4.03. The highest BCUT2D eigenvalue weighted by molar-refractivity contribution is 6.29. The Morgan fingerprint density at radius 2 is 2.05 bits per heavy atom. The Labute approximate surface area is 123 Å². The standard InChI is InChI=1S/C13H18ClN5O/c14-11-3-4-12(17-16-11)19-7-1-2-10(19)13(20)18-8-5-15-6-9-18/h3-4,10,15H,1-2,5-9H2. The summed E-state index contributed by atoms with van der Waals surface area (Å²) in [5.41, 5.74) is 0. The molecule has 1 aromatic rings. The number of amides is 1. The van der Waals surface area contributed by atoms with Gasteiger partial charge in [-0.05, 0) is 25.0 Å². The van der Waals surface area contributed by atoms with Crippen molar-refractivity contribution in [3.63, 3.8) is 0 Å². The van der Waals surface area contributed by atoms with E-state index in [0.717, 1.165) is 51.4 Å². The van der Waals surface area contributed by atoms with E-state index in [4.69, 9.17) is 11.6 Å². The molecule has 0 aromatic carbocycles. The van der Waals surface area contributed by atoms with Crippen LogP contribution in [0.3, 0.4) is 0 Å². The van der Waals surface area contributed by atoms with Crippen LogP contribution >= 0.6 is 11.6 Å². The summed E-state index contributed by atoms with van der Waals surface area (Å²) in [6.45, 7) is 4.17. The van der Waals surface area contributed by atoms with Gasteiger partial charge in [0.05, 0.1) is 0 Å². The van der Waals surface area contributed by atoms with Gasteiger partial charge in [-0.25, -0.2) is 0 Å². The molecule has 2 saturated heterocycles. The summed E-state index contributed by atoms with van der Waals surface area (Å²) in [6.07, 6.45) is 1.89. The molecule has 0 spiro atoms. The predicted octanol–water partition coefficient (Wildman–Crippen LogP) is 0.531. The summed E-state index contributed by atoms with van der Waals surface area (Å²) in [5.74, 6) is 0.945. The van der Waals surface area contributed by atoms with Crippen LogP contribution in [0.5, 0.6) is 0 Å². The second-order valence-corrected chi connectivity index (χ2v) is 5.53. The number of nitrogens with one attached hydrogen (secondary N) is 1. The third-order valence-electron chi connectivity index (χ3n) is 3.88. The summed E-state index contributed by atoms with van der Waals surface area (Å²) in [6, 6.07) is 3.44. The predicted molar refractivity (Wildman–Crippen MR) is 76.9 cm³/mol. The average molecular weight is 296 g/mol. The second-order valence-electron chi connectivity index (χ2n) is 5.14. The minimum Gasteiger partial charge on any atom is -0.343 e. The van der Waals surface area contributed by atoms with E-state index in [1.807, 2.05) is 15.9 Å². The fourth-order valence-electron chi connectivity index (χ4n) is 2.86.